The lowest BCUT2D eigenvalue weighted by Gasteiger charge is -2.05. The van der Waals surface area contributed by atoms with Crippen LogP contribution in [0.15, 0.2) is 62.2 Å². The zero-order valence-corrected chi connectivity index (χ0v) is 14.1. The minimum atomic E-state index is -0.457. The number of phenolic OH excluding ortho intramolecular Hbond substituents is 4. The zero-order valence-electron chi connectivity index (χ0n) is 14.1. The molecule has 0 bridgehead atoms. The molecule has 4 N–H and O–H groups in total. The third kappa shape index (κ3) is 2.20. The molecule has 0 unspecified atom stereocenters. The molecule has 138 valence electrons. The fourth-order valence-corrected chi connectivity index (χ4v) is 3.34. The highest BCUT2D eigenvalue weighted by Gasteiger charge is 2.20. The average Bonchev–Trinajstić information content (AvgIpc) is 2.99. The fourth-order valence-electron chi connectivity index (χ4n) is 3.34. The molecular weight excluding hydrogens is 364 g/mol. The predicted molar refractivity (Wildman–Crippen MR) is 102 cm³/mol. The van der Waals surface area contributed by atoms with Crippen LogP contribution in [0.2, 0.25) is 0 Å². The molecule has 5 aromatic rings. The standard InChI is InChI=1S/C21H12O7/c22-10-3-1-9(2-4-10)15-7-14(25)20-18(27-15)8-17-19(21(20)26)11-5-12(23)13(24)6-16(11)28-17/h1-8,22-24,26H. The van der Waals surface area contributed by atoms with Crippen molar-refractivity contribution < 1.29 is 29.3 Å². The van der Waals surface area contributed by atoms with Crippen LogP contribution in [-0.4, -0.2) is 20.4 Å². The van der Waals surface area contributed by atoms with Crippen LogP contribution in [0.4, 0.5) is 0 Å². The molecule has 0 fully saturated rings. The third-order valence-corrected chi connectivity index (χ3v) is 4.67. The summed E-state index contributed by atoms with van der Waals surface area (Å²) in [5.41, 5.74) is 0.711. The van der Waals surface area contributed by atoms with E-state index < -0.39 is 5.43 Å². The minimum absolute atomic E-state index is 0.0229. The monoisotopic (exact) mass is 376 g/mol. The van der Waals surface area contributed by atoms with Crippen LogP contribution in [0.5, 0.6) is 23.0 Å². The Kier molecular flexibility index (Phi) is 3.12. The van der Waals surface area contributed by atoms with Crippen LogP contribution in [-0.2, 0) is 0 Å². The smallest absolute Gasteiger partial charge is 0.197 e. The molecule has 0 aliphatic carbocycles. The van der Waals surface area contributed by atoms with Gasteiger partial charge < -0.3 is 29.3 Å². The van der Waals surface area contributed by atoms with Crippen molar-refractivity contribution in [2.24, 2.45) is 0 Å². The van der Waals surface area contributed by atoms with E-state index in [0.29, 0.717) is 10.9 Å². The summed E-state index contributed by atoms with van der Waals surface area (Å²) in [6, 6.07) is 11.4. The van der Waals surface area contributed by atoms with Crippen molar-refractivity contribution in [1.29, 1.82) is 0 Å². The maximum Gasteiger partial charge on any atom is 0.197 e. The van der Waals surface area contributed by atoms with E-state index in [4.69, 9.17) is 8.83 Å². The number of hydrogen-bond acceptors (Lipinski definition) is 7. The molecule has 5 rings (SSSR count). The molecule has 0 radical (unpaired) electrons. The number of benzene rings is 3. The molecule has 2 heterocycles. The minimum Gasteiger partial charge on any atom is -0.508 e. The van der Waals surface area contributed by atoms with Crippen LogP contribution in [0, 0.1) is 0 Å². The normalized spacial score (nSPS) is 11.6. The Bertz CT molecular complexity index is 1460. The lowest BCUT2D eigenvalue weighted by atomic mass is 10.1. The van der Waals surface area contributed by atoms with Gasteiger partial charge in [0.25, 0.3) is 0 Å². The van der Waals surface area contributed by atoms with Gasteiger partial charge in [-0.2, -0.15) is 0 Å². The van der Waals surface area contributed by atoms with Crippen molar-refractivity contribution in [2.45, 2.75) is 0 Å². The summed E-state index contributed by atoms with van der Waals surface area (Å²) in [4.78, 5) is 12.7. The van der Waals surface area contributed by atoms with Gasteiger partial charge in [0.15, 0.2) is 16.9 Å². The molecule has 0 atom stereocenters. The molecule has 7 heteroatoms. The summed E-state index contributed by atoms with van der Waals surface area (Å²) in [5, 5.41) is 40.2. The zero-order chi connectivity index (χ0) is 19.6. The van der Waals surface area contributed by atoms with Gasteiger partial charge in [0.2, 0.25) is 0 Å². The van der Waals surface area contributed by atoms with Crippen molar-refractivity contribution in [3.63, 3.8) is 0 Å². The second-order valence-corrected chi connectivity index (χ2v) is 6.43. The predicted octanol–water partition coefficient (Wildman–Crippen LogP) is 4.18. The van der Waals surface area contributed by atoms with Gasteiger partial charge in [0.1, 0.15) is 39.4 Å². The lowest BCUT2D eigenvalue weighted by molar-refractivity contribution is 0.404. The second-order valence-electron chi connectivity index (χ2n) is 6.43. The highest BCUT2D eigenvalue weighted by molar-refractivity contribution is 6.14. The Morgan fingerprint density at radius 1 is 0.679 bits per heavy atom. The lowest BCUT2D eigenvalue weighted by Crippen LogP contribution is -2.00. The van der Waals surface area contributed by atoms with Crippen LogP contribution < -0.4 is 5.43 Å². The molecule has 0 aliphatic rings. The Morgan fingerprint density at radius 3 is 2.11 bits per heavy atom. The van der Waals surface area contributed by atoms with E-state index in [9.17, 15) is 25.2 Å². The van der Waals surface area contributed by atoms with Crippen LogP contribution in [0.3, 0.4) is 0 Å². The van der Waals surface area contributed by atoms with E-state index in [1.165, 1.54) is 36.4 Å². The molecule has 0 saturated carbocycles. The van der Waals surface area contributed by atoms with Crippen molar-refractivity contribution >= 4 is 32.9 Å². The molecule has 0 aliphatic heterocycles. The molecule has 28 heavy (non-hydrogen) atoms. The van der Waals surface area contributed by atoms with Gasteiger partial charge in [0.05, 0.1) is 5.39 Å². The summed E-state index contributed by atoms with van der Waals surface area (Å²) in [5.74, 6) is -0.714. The van der Waals surface area contributed by atoms with Gasteiger partial charge in [-0.25, -0.2) is 0 Å². The third-order valence-electron chi connectivity index (χ3n) is 4.67. The SMILES string of the molecule is O=c1cc(-c2ccc(O)cc2)oc2cc3oc4cc(O)c(O)cc4c3c(O)c12. The Labute approximate surface area is 155 Å². The summed E-state index contributed by atoms with van der Waals surface area (Å²) < 4.78 is 11.5. The van der Waals surface area contributed by atoms with E-state index in [2.05, 4.69) is 0 Å². The summed E-state index contributed by atoms with van der Waals surface area (Å²) in [7, 11) is 0. The maximum atomic E-state index is 12.7. The van der Waals surface area contributed by atoms with Gasteiger partial charge >= 0.3 is 0 Å². The molecule has 0 spiro atoms. The van der Waals surface area contributed by atoms with Gasteiger partial charge in [0, 0.05) is 29.1 Å². The Hall–Kier alpha value is -4.13. The molecule has 0 amide bonds. The summed E-state index contributed by atoms with van der Waals surface area (Å²) >= 11 is 0. The number of phenols is 4. The second kappa shape index (κ2) is 5.43. The molecule has 3 aromatic carbocycles. The van der Waals surface area contributed by atoms with E-state index in [1.54, 1.807) is 12.1 Å². The highest BCUT2D eigenvalue weighted by Crippen LogP contribution is 2.42. The van der Waals surface area contributed by atoms with E-state index >= 15 is 0 Å². The van der Waals surface area contributed by atoms with Crippen molar-refractivity contribution in [2.75, 3.05) is 0 Å². The van der Waals surface area contributed by atoms with E-state index in [1.807, 2.05) is 0 Å². The maximum absolute atomic E-state index is 12.7. The number of rotatable bonds is 1. The average molecular weight is 376 g/mol. The first-order valence-corrected chi connectivity index (χ1v) is 8.30. The van der Waals surface area contributed by atoms with Crippen LogP contribution in [0.1, 0.15) is 0 Å². The summed E-state index contributed by atoms with van der Waals surface area (Å²) in [6.45, 7) is 0. The quantitative estimate of drug-likeness (QED) is 0.323. The summed E-state index contributed by atoms with van der Waals surface area (Å²) in [6.07, 6.45) is 0. The fraction of sp³-hybridized carbons (Fsp3) is 0. The molecule has 0 saturated heterocycles. The first-order chi connectivity index (χ1) is 13.4. The molecular formula is C21H12O7. The topological polar surface area (TPSA) is 124 Å². The van der Waals surface area contributed by atoms with Crippen LogP contribution in [0.25, 0.3) is 44.2 Å². The molecule has 2 aromatic heterocycles. The number of fused-ring (bicyclic) bond motifs is 4. The largest absolute Gasteiger partial charge is 0.508 e. The van der Waals surface area contributed by atoms with Gasteiger partial charge in [-0.05, 0) is 30.3 Å². The Morgan fingerprint density at radius 2 is 1.36 bits per heavy atom. The van der Waals surface area contributed by atoms with Gasteiger partial charge in [-0.3, -0.25) is 4.79 Å². The van der Waals surface area contributed by atoms with Gasteiger partial charge in [-0.1, -0.05) is 0 Å². The highest BCUT2D eigenvalue weighted by atomic mass is 16.4. The van der Waals surface area contributed by atoms with E-state index in [-0.39, 0.29) is 56.3 Å². The van der Waals surface area contributed by atoms with Crippen molar-refractivity contribution in [1.82, 2.24) is 0 Å². The number of furan rings is 1. The van der Waals surface area contributed by atoms with Crippen LogP contribution >= 0.6 is 0 Å². The Balaban J connectivity index is 1.86. The molecule has 7 nitrogen and oxygen atoms in total. The number of aromatic hydroxyl groups is 4. The first kappa shape index (κ1) is 16.1. The first-order valence-electron chi connectivity index (χ1n) is 8.30. The van der Waals surface area contributed by atoms with E-state index in [0.717, 1.165) is 0 Å². The van der Waals surface area contributed by atoms with Crippen molar-refractivity contribution in [3.05, 3.63) is 58.8 Å². The van der Waals surface area contributed by atoms with Crippen molar-refractivity contribution in [3.8, 4) is 34.3 Å². The number of hydrogen-bond donors (Lipinski definition) is 4. The van der Waals surface area contributed by atoms with Gasteiger partial charge in [-0.15, -0.1) is 0 Å².